The predicted octanol–water partition coefficient (Wildman–Crippen LogP) is 0.826. The Morgan fingerprint density at radius 2 is 2.14 bits per heavy atom. The summed E-state index contributed by atoms with van der Waals surface area (Å²) in [6.07, 6.45) is 6.06. The highest BCUT2D eigenvalue weighted by Gasteiger charge is 2.52. The SMILES string of the molecule is CC1CC(=O)NC(C)(C2CC2)C(=O)N1Cc1cnn(C)c1. The number of rotatable bonds is 3. The molecular weight excluding hydrogens is 268 g/mol. The lowest BCUT2D eigenvalue weighted by Crippen LogP contribution is -2.57. The van der Waals surface area contributed by atoms with Gasteiger partial charge in [0.05, 0.1) is 6.20 Å². The molecule has 1 aromatic heterocycles. The van der Waals surface area contributed by atoms with Gasteiger partial charge in [0, 0.05) is 37.8 Å². The third-order valence-corrected chi connectivity index (χ3v) is 4.62. The largest absolute Gasteiger partial charge is 0.342 e. The summed E-state index contributed by atoms with van der Waals surface area (Å²) < 4.78 is 1.73. The van der Waals surface area contributed by atoms with E-state index in [1.165, 1.54) is 0 Å². The van der Waals surface area contributed by atoms with Crippen LogP contribution in [0.25, 0.3) is 0 Å². The van der Waals surface area contributed by atoms with Crippen molar-refractivity contribution in [3.8, 4) is 0 Å². The van der Waals surface area contributed by atoms with E-state index in [0.717, 1.165) is 18.4 Å². The first-order chi connectivity index (χ1) is 9.90. The number of aromatic nitrogens is 2. The Bertz CT molecular complexity index is 578. The minimum absolute atomic E-state index is 0.0288. The lowest BCUT2D eigenvalue weighted by molar-refractivity contribution is -0.141. The Kier molecular flexibility index (Phi) is 3.26. The second-order valence-electron chi connectivity index (χ2n) is 6.53. The lowest BCUT2D eigenvalue weighted by atomic mass is 9.94. The number of hydrogen-bond donors (Lipinski definition) is 1. The van der Waals surface area contributed by atoms with Gasteiger partial charge in [0.25, 0.3) is 0 Å². The van der Waals surface area contributed by atoms with Crippen LogP contribution in [0.4, 0.5) is 0 Å². The molecule has 6 heteroatoms. The van der Waals surface area contributed by atoms with Crippen molar-refractivity contribution in [1.29, 1.82) is 0 Å². The Morgan fingerprint density at radius 3 is 2.71 bits per heavy atom. The van der Waals surface area contributed by atoms with Crippen LogP contribution in [0.2, 0.25) is 0 Å². The Morgan fingerprint density at radius 1 is 1.43 bits per heavy atom. The van der Waals surface area contributed by atoms with Crippen LogP contribution in [0.1, 0.15) is 38.7 Å². The minimum atomic E-state index is -0.746. The van der Waals surface area contributed by atoms with E-state index < -0.39 is 5.54 Å². The van der Waals surface area contributed by atoms with Gasteiger partial charge in [-0.15, -0.1) is 0 Å². The third kappa shape index (κ3) is 2.54. The topological polar surface area (TPSA) is 67.2 Å². The van der Waals surface area contributed by atoms with Crippen LogP contribution in [0, 0.1) is 5.92 Å². The number of carbonyl (C=O) groups excluding carboxylic acids is 2. The number of nitrogens with zero attached hydrogens (tertiary/aromatic N) is 3. The Balaban J connectivity index is 1.88. The summed E-state index contributed by atoms with van der Waals surface area (Å²) in [5.74, 6) is 0.279. The van der Waals surface area contributed by atoms with Gasteiger partial charge in [0.15, 0.2) is 0 Å². The van der Waals surface area contributed by atoms with Crippen molar-refractivity contribution < 1.29 is 9.59 Å². The average molecular weight is 290 g/mol. The van der Waals surface area contributed by atoms with Crippen molar-refractivity contribution in [3.63, 3.8) is 0 Å². The number of amides is 2. The molecule has 1 saturated carbocycles. The summed E-state index contributed by atoms with van der Waals surface area (Å²) in [5.41, 5.74) is 0.245. The van der Waals surface area contributed by atoms with E-state index in [1.54, 1.807) is 10.9 Å². The number of carbonyl (C=O) groups is 2. The molecule has 1 aromatic rings. The average Bonchev–Trinajstić information content (AvgIpc) is 3.19. The van der Waals surface area contributed by atoms with E-state index in [-0.39, 0.29) is 23.8 Å². The normalized spacial score (nSPS) is 30.2. The number of hydrogen-bond acceptors (Lipinski definition) is 3. The van der Waals surface area contributed by atoms with E-state index in [9.17, 15) is 9.59 Å². The summed E-state index contributed by atoms with van der Waals surface area (Å²) in [4.78, 5) is 26.9. The van der Waals surface area contributed by atoms with Crippen molar-refractivity contribution in [3.05, 3.63) is 18.0 Å². The lowest BCUT2D eigenvalue weighted by Gasteiger charge is -2.34. The van der Waals surface area contributed by atoms with E-state index >= 15 is 0 Å². The van der Waals surface area contributed by atoms with Crippen LogP contribution in [-0.2, 0) is 23.2 Å². The van der Waals surface area contributed by atoms with Crippen LogP contribution in [-0.4, -0.2) is 38.1 Å². The van der Waals surface area contributed by atoms with E-state index in [1.807, 2.05) is 32.0 Å². The van der Waals surface area contributed by atoms with Gasteiger partial charge in [-0.2, -0.15) is 5.10 Å². The highest BCUT2D eigenvalue weighted by molar-refractivity contribution is 5.94. The molecule has 21 heavy (non-hydrogen) atoms. The molecule has 6 nitrogen and oxygen atoms in total. The van der Waals surface area contributed by atoms with Gasteiger partial charge < -0.3 is 10.2 Å². The molecule has 0 bridgehead atoms. The zero-order valence-corrected chi connectivity index (χ0v) is 12.8. The molecule has 2 unspecified atom stereocenters. The maximum Gasteiger partial charge on any atom is 0.248 e. The van der Waals surface area contributed by atoms with Crippen LogP contribution < -0.4 is 5.32 Å². The summed E-state index contributed by atoms with van der Waals surface area (Å²) in [6.45, 7) is 4.32. The molecule has 2 fully saturated rings. The summed E-state index contributed by atoms with van der Waals surface area (Å²) in [7, 11) is 1.86. The zero-order valence-electron chi connectivity index (χ0n) is 12.8. The molecule has 0 radical (unpaired) electrons. The fraction of sp³-hybridized carbons (Fsp3) is 0.667. The van der Waals surface area contributed by atoms with Gasteiger partial charge >= 0.3 is 0 Å². The summed E-state index contributed by atoms with van der Waals surface area (Å²) in [6, 6.07) is -0.0988. The second kappa shape index (κ2) is 4.86. The Labute approximate surface area is 124 Å². The van der Waals surface area contributed by atoms with Crippen LogP contribution >= 0.6 is 0 Å². The standard InChI is InChI=1S/C15H22N4O2/c1-10-6-13(20)17-15(2,12-4-5-12)14(21)19(10)9-11-7-16-18(3)8-11/h7-8,10,12H,4-6,9H2,1-3H3,(H,17,20). The van der Waals surface area contributed by atoms with Gasteiger partial charge in [-0.25, -0.2) is 0 Å². The molecule has 114 valence electrons. The third-order valence-electron chi connectivity index (χ3n) is 4.62. The van der Waals surface area contributed by atoms with Crippen LogP contribution in [0.3, 0.4) is 0 Å². The maximum atomic E-state index is 13.0. The molecule has 1 aliphatic carbocycles. The highest BCUT2D eigenvalue weighted by Crippen LogP contribution is 2.42. The number of nitrogens with one attached hydrogen (secondary N) is 1. The van der Waals surface area contributed by atoms with Crippen molar-refractivity contribution in [1.82, 2.24) is 20.0 Å². The minimum Gasteiger partial charge on any atom is -0.342 e. The molecule has 2 atom stereocenters. The van der Waals surface area contributed by atoms with Crippen molar-refractivity contribution in [2.75, 3.05) is 0 Å². The van der Waals surface area contributed by atoms with E-state index in [0.29, 0.717) is 13.0 Å². The van der Waals surface area contributed by atoms with Crippen LogP contribution in [0.5, 0.6) is 0 Å². The smallest absolute Gasteiger partial charge is 0.248 e. The second-order valence-corrected chi connectivity index (χ2v) is 6.53. The first kappa shape index (κ1) is 14.1. The van der Waals surface area contributed by atoms with Crippen molar-refractivity contribution in [2.45, 2.75) is 51.2 Å². The fourth-order valence-electron chi connectivity index (χ4n) is 3.19. The number of aryl methyl sites for hydroxylation is 1. The fourth-order valence-corrected chi connectivity index (χ4v) is 3.19. The van der Waals surface area contributed by atoms with Crippen molar-refractivity contribution >= 4 is 11.8 Å². The monoisotopic (exact) mass is 290 g/mol. The first-order valence-corrected chi connectivity index (χ1v) is 7.50. The molecule has 0 spiro atoms. The molecule has 1 N–H and O–H groups in total. The molecular formula is C15H22N4O2. The van der Waals surface area contributed by atoms with Gasteiger partial charge in [-0.05, 0) is 32.6 Å². The maximum absolute atomic E-state index is 13.0. The molecule has 2 heterocycles. The Hall–Kier alpha value is -1.85. The molecule has 3 rings (SSSR count). The van der Waals surface area contributed by atoms with Gasteiger partial charge in [-0.1, -0.05) is 0 Å². The zero-order chi connectivity index (χ0) is 15.2. The predicted molar refractivity (Wildman–Crippen MR) is 77.1 cm³/mol. The molecule has 2 aliphatic rings. The molecule has 0 aromatic carbocycles. The summed E-state index contributed by atoms with van der Waals surface area (Å²) >= 11 is 0. The van der Waals surface area contributed by atoms with Gasteiger partial charge in [-0.3, -0.25) is 14.3 Å². The molecule has 2 amide bonds. The highest BCUT2D eigenvalue weighted by atomic mass is 16.2. The van der Waals surface area contributed by atoms with Crippen LogP contribution in [0.15, 0.2) is 12.4 Å². The molecule has 1 aliphatic heterocycles. The molecule has 1 saturated heterocycles. The summed E-state index contributed by atoms with van der Waals surface area (Å²) in [5, 5.41) is 7.12. The van der Waals surface area contributed by atoms with E-state index in [4.69, 9.17) is 0 Å². The van der Waals surface area contributed by atoms with Gasteiger partial charge in [0.1, 0.15) is 5.54 Å². The van der Waals surface area contributed by atoms with E-state index in [2.05, 4.69) is 10.4 Å². The first-order valence-electron chi connectivity index (χ1n) is 7.50. The van der Waals surface area contributed by atoms with Gasteiger partial charge in [0.2, 0.25) is 11.8 Å². The van der Waals surface area contributed by atoms with Crippen molar-refractivity contribution in [2.24, 2.45) is 13.0 Å². The quantitative estimate of drug-likeness (QED) is 0.896.